The Balaban J connectivity index is 1.61. The zero-order valence-electron chi connectivity index (χ0n) is 14.4. The van der Waals surface area contributed by atoms with Crippen molar-refractivity contribution in [3.8, 4) is 11.4 Å². The molecule has 5 nitrogen and oxygen atoms in total. The molecule has 1 saturated heterocycles. The summed E-state index contributed by atoms with van der Waals surface area (Å²) >= 11 is 3.49. The quantitative estimate of drug-likeness (QED) is 0.717. The monoisotopic (exact) mass is 384 g/mol. The molecule has 1 fully saturated rings. The molecule has 26 heavy (non-hydrogen) atoms. The van der Waals surface area contributed by atoms with Crippen LogP contribution in [0.1, 0.15) is 36.1 Å². The Bertz CT molecular complexity index is 954. The molecule has 1 aliphatic heterocycles. The molecule has 0 saturated carbocycles. The van der Waals surface area contributed by atoms with E-state index in [2.05, 4.69) is 27.5 Å². The van der Waals surface area contributed by atoms with E-state index in [4.69, 9.17) is 9.97 Å². The Hall–Kier alpha value is -1.99. The highest BCUT2D eigenvalue weighted by molar-refractivity contribution is 7.19. The van der Waals surface area contributed by atoms with Crippen molar-refractivity contribution >= 4 is 44.6 Å². The van der Waals surface area contributed by atoms with Crippen molar-refractivity contribution < 1.29 is 4.79 Å². The fourth-order valence-electron chi connectivity index (χ4n) is 3.83. The number of anilines is 1. The molecule has 1 amide bonds. The van der Waals surface area contributed by atoms with Crippen molar-refractivity contribution in [3.63, 3.8) is 0 Å². The van der Waals surface area contributed by atoms with Gasteiger partial charge in [-0.05, 0) is 49.1 Å². The van der Waals surface area contributed by atoms with Crippen LogP contribution in [0.4, 0.5) is 5.82 Å². The number of nitrogens with zero attached hydrogens (tertiary/aromatic N) is 2. The lowest BCUT2D eigenvalue weighted by Crippen LogP contribution is -2.42. The Morgan fingerprint density at radius 2 is 2.12 bits per heavy atom. The normalized spacial score (nSPS) is 20.0. The second kappa shape index (κ2) is 6.63. The van der Waals surface area contributed by atoms with Crippen molar-refractivity contribution in [2.75, 3.05) is 11.9 Å². The molecule has 2 aliphatic rings. The molecule has 1 atom stereocenters. The lowest BCUT2D eigenvalue weighted by Gasteiger charge is -2.24. The fraction of sp³-hybridized carbons (Fsp3) is 0.421. The third kappa shape index (κ3) is 2.89. The van der Waals surface area contributed by atoms with Gasteiger partial charge in [-0.3, -0.25) is 4.79 Å². The number of carbonyl (C=O) groups excluding carboxylic acids is 1. The number of nitrogens with one attached hydrogen (secondary N) is 2. The first-order chi connectivity index (χ1) is 12.8. The van der Waals surface area contributed by atoms with E-state index in [0.717, 1.165) is 41.3 Å². The Morgan fingerprint density at radius 1 is 1.19 bits per heavy atom. The van der Waals surface area contributed by atoms with E-state index < -0.39 is 0 Å². The molecule has 7 heteroatoms. The summed E-state index contributed by atoms with van der Waals surface area (Å²) in [5.74, 6) is 1.87. The van der Waals surface area contributed by atoms with Crippen LogP contribution >= 0.6 is 22.7 Å². The molecule has 0 spiro atoms. The summed E-state index contributed by atoms with van der Waals surface area (Å²) in [5.41, 5.74) is 2.51. The van der Waals surface area contributed by atoms with Gasteiger partial charge >= 0.3 is 0 Å². The van der Waals surface area contributed by atoms with E-state index >= 15 is 0 Å². The van der Waals surface area contributed by atoms with Crippen LogP contribution in [-0.4, -0.2) is 28.5 Å². The maximum absolute atomic E-state index is 11.5. The first-order valence-electron chi connectivity index (χ1n) is 9.16. The maximum atomic E-state index is 11.5. The van der Waals surface area contributed by atoms with Crippen molar-refractivity contribution in [1.82, 2.24) is 15.3 Å². The molecule has 1 unspecified atom stereocenters. The summed E-state index contributed by atoms with van der Waals surface area (Å²) in [7, 11) is 0. The molecule has 0 aromatic carbocycles. The molecular weight excluding hydrogens is 364 g/mol. The molecule has 3 aromatic rings. The minimum Gasteiger partial charge on any atom is -0.365 e. The van der Waals surface area contributed by atoms with Crippen LogP contribution in [0, 0.1) is 0 Å². The highest BCUT2D eigenvalue weighted by Crippen LogP contribution is 2.40. The Morgan fingerprint density at radius 3 is 2.92 bits per heavy atom. The first kappa shape index (κ1) is 16.2. The van der Waals surface area contributed by atoms with Crippen molar-refractivity contribution in [1.29, 1.82) is 0 Å². The summed E-state index contributed by atoms with van der Waals surface area (Å²) in [4.78, 5) is 23.8. The van der Waals surface area contributed by atoms with E-state index in [1.54, 1.807) is 11.3 Å². The zero-order chi connectivity index (χ0) is 17.5. The third-order valence-electron chi connectivity index (χ3n) is 5.20. The van der Waals surface area contributed by atoms with Crippen LogP contribution in [0.5, 0.6) is 0 Å². The van der Waals surface area contributed by atoms with Crippen LogP contribution in [0.15, 0.2) is 16.8 Å². The first-order valence-corrected chi connectivity index (χ1v) is 10.9. The summed E-state index contributed by atoms with van der Waals surface area (Å²) in [6.45, 7) is 0.657. The molecule has 2 N–H and O–H groups in total. The highest BCUT2D eigenvalue weighted by Gasteiger charge is 2.24. The van der Waals surface area contributed by atoms with Crippen molar-refractivity contribution in [2.24, 2.45) is 0 Å². The second-order valence-electron chi connectivity index (χ2n) is 6.98. The number of hydrogen-bond acceptors (Lipinski definition) is 6. The van der Waals surface area contributed by atoms with Gasteiger partial charge in [-0.2, -0.15) is 11.3 Å². The van der Waals surface area contributed by atoms with Crippen LogP contribution < -0.4 is 10.6 Å². The third-order valence-corrected chi connectivity index (χ3v) is 7.07. The molecule has 1 aliphatic carbocycles. The van der Waals surface area contributed by atoms with Crippen molar-refractivity contribution in [3.05, 3.63) is 27.3 Å². The van der Waals surface area contributed by atoms with Gasteiger partial charge in [0.25, 0.3) is 0 Å². The van der Waals surface area contributed by atoms with Crippen LogP contribution in [-0.2, 0) is 17.6 Å². The smallest absolute Gasteiger partial charge is 0.220 e. The second-order valence-corrected chi connectivity index (χ2v) is 8.85. The van der Waals surface area contributed by atoms with Gasteiger partial charge < -0.3 is 10.6 Å². The Labute approximate surface area is 159 Å². The van der Waals surface area contributed by atoms with Gasteiger partial charge in [-0.15, -0.1) is 11.3 Å². The number of carbonyl (C=O) groups is 1. The van der Waals surface area contributed by atoms with Crippen LogP contribution in [0.25, 0.3) is 21.6 Å². The van der Waals surface area contributed by atoms with Gasteiger partial charge in [0, 0.05) is 34.8 Å². The average molecular weight is 385 g/mol. The largest absolute Gasteiger partial charge is 0.365 e. The van der Waals surface area contributed by atoms with Gasteiger partial charge in [0.2, 0.25) is 5.91 Å². The SMILES string of the molecule is O=C1CCC(Nc2nc(-c3ccsc3)nc3sc4c(c23)CCCC4)CN1. The number of amides is 1. The number of fused-ring (bicyclic) bond motifs is 3. The maximum Gasteiger partial charge on any atom is 0.220 e. The highest BCUT2D eigenvalue weighted by atomic mass is 32.1. The van der Waals surface area contributed by atoms with E-state index in [1.807, 2.05) is 11.3 Å². The van der Waals surface area contributed by atoms with Gasteiger partial charge in [0.05, 0.1) is 5.39 Å². The van der Waals surface area contributed by atoms with Crippen LogP contribution in [0.3, 0.4) is 0 Å². The molecule has 0 bridgehead atoms. The molecular formula is C19H20N4OS2. The van der Waals surface area contributed by atoms with Gasteiger partial charge in [-0.25, -0.2) is 9.97 Å². The number of aryl methyl sites for hydroxylation is 2. The predicted octanol–water partition coefficient (Wildman–Crippen LogP) is 3.99. The number of piperidine rings is 1. The van der Waals surface area contributed by atoms with Crippen LogP contribution in [0.2, 0.25) is 0 Å². The number of hydrogen-bond donors (Lipinski definition) is 2. The van der Waals surface area contributed by atoms with Gasteiger partial charge in [-0.1, -0.05) is 0 Å². The molecule has 0 radical (unpaired) electrons. The molecule has 5 rings (SSSR count). The molecule has 134 valence electrons. The fourth-order valence-corrected chi connectivity index (χ4v) is 5.73. The standard InChI is InChI=1S/C19H20N4OS2/c24-15-6-5-12(9-20-15)21-18-16-13-3-1-2-4-14(13)26-19(16)23-17(22-18)11-7-8-25-10-11/h7-8,10,12H,1-6,9H2,(H,20,24)(H,21,22,23). The number of aromatic nitrogens is 2. The van der Waals surface area contributed by atoms with E-state index in [9.17, 15) is 4.79 Å². The van der Waals surface area contributed by atoms with E-state index in [-0.39, 0.29) is 11.9 Å². The topological polar surface area (TPSA) is 66.9 Å². The molecule has 4 heterocycles. The average Bonchev–Trinajstić information content (AvgIpc) is 3.31. The Kier molecular flexibility index (Phi) is 4.13. The van der Waals surface area contributed by atoms with E-state index in [0.29, 0.717) is 13.0 Å². The van der Waals surface area contributed by atoms with Gasteiger partial charge in [0.15, 0.2) is 5.82 Å². The minimum atomic E-state index is 0.141. The minimum absolute atomic E-state index is 0.141. The summed E-state index contributed by atoms with van der Waals surface area (Å²) in [5, 5.41) is 12.0. The number of rotatable bonds is 3. The number of thiophene rings is 2. The van der Waals surface area contributed by atoms with E-state index in [1.165, 1.54) is 28.7 Å². The zero-order valence-corrected chi connectivity index (χ0v) is 16.0. The predicted molar refractivity (Wildman–Crippen MR) is 107 cm³/mol. The summed E-state index contributed by atoms with van der Waals surface area (Å²) in [6.07, 6.45) is 6.20. The summed E-state index contributed by atoms with van der Waals surface area (Å²) in [6, 6.07) is 2.30. The summed E-state index contributed by atoms with van der Waals surface area (Å²) < 4.78 is 0. The lowest BCUT2D eigenvalue weighted by molar-refractivity contribution is -0.122. The molecule has 3 aromatic heterocycles. The van der Waals surface area contributed by atoms with Gasteiger partial charge in [0.1, 0.15) is 10.6 Å². The van der Waals surface area contributed by atoms with Crippen molar-refractivity contribution in [2.45, 2.75) is 44.6 Å². The lowest BCUT2D eigenvalue weighted by atomic mass is 9.96.